The van der Waals surface area contributed by atoms with Crippen molar-refractivity contribution in [3.05, 3.63) is 39.4 Å². The lowest BCUT2D eigenvalue weighted by Gasteiger charge is -2.13. The molecule has 1 rings (SSSR count). The molecule has 0 amide bonds. The standard InChI is InChI=1S/C11H14F2N2O4S/c1-7(6-20(2,18)19)14-5-8-3-11(15(16)17)10(13)4-9(8)12/h3-4,7,14H,5-6H2,1-2H3. The Labute approximate surface area is 114 Å². The molecule has 0 bridgehead atoms. The second kappa shape index (κ2) is 6.23. The van der Waals surface area contributed by atoms with Gasteiger partial charge in [0.2, 0.25) is 5.82 Å². The number of sulfone groups is 1. The van der Waals surface area contributed by atoms with Crippen LogP contribution in [0.25, 0.3) is 0 Å². The molecule has 112 valence electrons. The number of nitrogens with zero attached hydrogens (tertiary/aromatic N) is 1. The number of nitro groups is 1. The van der Waals surface area contributed by atoms with Crippen LogP contribution in [0.4, 0.5) is 14.5 Å². The van der Waals surface area contributed by atoms with Gasteiger partial charge in [-0.05, 0) is 6.92 Å². The fourth-order valence-electron chi connectivity index (χ4n) is 1.65. The third-order valence-electron chi connectivity index (χ3n) is 2.51. The molecule has 6 nitrogen and oxygen atoms in total. The number of nitrogens with one attached hydrogen (secondary N) is 1. The molecule has 1 aromatic carbocycles. The predicted molar refractivity (Wildman–Crippen MR) is 69.0 cm³/mol. The maximum Gasteiger partial charge on any atom is 0.305 e. The Balaban J connectivity index is 2.83. The summed E-state index contributed by atoms with van der Waals surface area (Å²) in [4.78, 5) is 9.61. The smallest absolute Gasteiger partial charge is 0.305 e. The first kappa shape index (κ1) is 16.4. The molecule has 0 aliphatic heterocycles. The lowest BCUT2D eigenvalue weighted by molar-refractivity contribution is -0.387. The minimum absolute atomic E-state index is 0.0987. The van der Waals surface area contributed by atoms with Crippen molar-refractivity contribution in [2.45, 2.75) is 19.5 Å². The van der Waals surface area contributed by atoms with E-state index in [0.29, 0.717) is 6.07 Å². The molecule has 1 unspecified atom stereocenters. The molecule has 1 atom stereocenters. The van der Waals surface area contributed by atoms with Gasteiger partial charge < -0.3 is 5.32 Å². The van der Waals surface area contributed by atoms with E-state index in [-0.39, 0.29) is 17.9 Å². The quantitative estimate of drug-likeness (QED) is 0.633. The number of nitro benzene ring substituents is 1. The van der Waals surface area contributed by atoms with Crippen molar-refractivity contribution in [2.75, 3.05) is 12.0 Å². The number of hydrogen-bond acceptors (Lipinski definition) is 5. The summed E-state index contributed by atoms with van der Waals surface area (Å²) in [6.45, 7) is 1.44. The zero-order valence-corrected chi connectivity index (χ0v) is 11.7. The van der Waals surface area contributed by atoms with Gasteiger partial charge in [-0.15, -0.1) is 0 Å². The second-order valence-corrected chi connectivity index (χ2v) is 6.71. The summed E-state index contributed by atoms with van der Waals surface area (Å²) in [6, 6.07) is 0.773. The van der Waals surface area contributed by atoms with Crippen molar-refractivity contribution in [3.8, 4) is 0 Å². The van der Waals surface area contributed by atoms with Crippen molar-refractivity contribution in [1.82, 2.24) is 5.32 Å². The van der Waals surface area contributed by atoms with E-state index >= 15 is 0 Å². The Morgan fingerprint density at radius 3 is 2.45 bits per heavy atom. The van der Waals surface area contributed by atoms with E-state index in [9.17, 15) is 27.3 Å². The van der Waals surface area contributed by atoms with Gasteiger partial charge in [0.1, 0.15) is 15.7 Å². The van der Waals surface area contributed by atoms with Crippen molar-refractivity contribution in [1.29, 1.82) is 0 Å². The van der Waals surface area contributed by atoms with Crippen molar-refractivity contribution in [2.24, 2.45) is 0 Å². The minimum atomic E-state index is -3.19. The highest BCUT2D eigenvalue weighted by molar-refractivity contribution is 7.90. The highest BCUT2D eigenvalue weighted by atomic mass is 32.2. The van der Waals surface area contributed by atoms with Crippen molar-refractivity contribution >= 4 is 15.5 Å². The van der Waals surface area contributed by atoms with Gasteiger partial charge in [0.15, 0.2) is 0 Å². The Bertz CT molecular complexity index is 619. The van der Waals surface area contributed by atoms with Gasteiger partial charge in [0, 0.05) is 36.5 Å². The first-order chi connectivity index (χ1) is 9.10. The van der Waals surface area contributed by atoms with E-state index in [1.807, 2.05) is 0 Å². The van der Waals surface area contributed by atoms with Crippen molar-refractivity contribution < 1.29 is 22.1 Å². The summed E-state index contributed by atoms with van der Waals surface area (Å²) in [7, 11) is -3.19. The third-order valence-corrected chi connectivity index (χ3v) is 3.61. The molecule has 0 aromatic heterocycles. The molecular weight excluding hydrogens is 294 g/mol. The van der Waals surface area contributed by atoms with Crippen LogP contribution in [-0.2, 0) is 16.4 Å². The normalized spacial score (nSPS) is 13.2. The molecule has 20 heavy (non-hydrogen) atoms. The summed E-state index contributed by atoms with van der Waals surface area (Å²) >= 11 is 0. The highest BCUT2D eigenvalue weighted by Crippen LogP contribution is 2.21. The summed E-state index contributed by atoms with van der Waals surface area (Å²) < 4.78 is 48.7. The van der Waals surface area contributed by atoms with Crippen LogP contribution in [0.2, 0.25) is 0 Å². The molecule has 0 saturated carbocycles. The van der Waals surface area contributed by atoms with Crippen LogP contribution in [-0.4, -0.2) is 31.4 Å². The molecular formula is C11H14F2N2O4S. The fourth-order valence-corrected chi connectivity index (χ4v) is 2.68. The Hall–Kier alpha value is -1.61. The highest BCUT2D eigenvalue weighted by Gasteiger charge is 2.19. The van der Waals surface area contributed by atoms with Gasteiger partial charge in [-0.3, -0.25) is 10.1 Å². The van der Waals surface area contributed by atoms with E-state index in [1.165, 1.54) is 0 Å². The molecule has 0 heterocycles. The summed E-state index contributed by atoms with van der Waals surface area (Å²) in [6.07, 6.45) is 1.06. The number of halogens is 2. The van der Waals surface area contributed by atoms with Crippen LogP contribution in [0.1, 0.15) is 12.5 Å². The van der Waals surface area contributed by atoms with Crippen LogP contribution >= 0.6 is 0 Å². The molecule has 0 radical (unpaired) electrons. The summed E-state index contributed by atoms with van der Waals surface area (Å²) in [5.74, 6) is -2.33. The van der Waals surface area contributed by atoms with E-state index in [2.05, 4.69) is 5.32 Å². The lowest BCUT2D eigenvalue weighted by atomic mass is 10.1. The van der Waals surface area contributed by atoms with Gasteiger partial charge in [-0.2, -0.15) is 4.39 Å². The summed E-state index contributed by atoms with van der Waals surface area (Å²) in [5, 5.41) is 13.3. The largest absolute Gasteiger partial charge is 0.309 e. The van der Waals surface area contributed by atoms with E-state index in [4.69, 9.17) is 0 Å². The van der Waals surface area contributed by atoms with Gasteiger partial charge >= 0.3 is 5.69 Å². The first-order valence-corrected chi connectivity index (χ1v) is 7.69. The monoisotopic (exact) mass is 308 g/mol. The Kier molecular flexibility index (Phi) is 5.12. The van der Waals surface area contributed by atoms with Crippen molar-refractivity contribution in [3.63, 3.8) is 0 Å². The van der Waals surface area contributed by atoms with Crippen LogP contribution in [0.5, 0.6) is 0 Å². The zero-order valence-electron chi connectivity index (χ0n) is 10.9. The molecule has 0 spiro atoms. The van der Waals surface area contributed by atoms with E-state index in [0.717, 1.165) is 12.3 Å². The van der Waals surface area contributed by atoms with Gasteiger partial charge in [0.25, 0.3) is 0 Å². The molecule has 9 heteroatoms. The summed E-state index contributed by atoms with van der Waals surface area (Å²) in [5.41, 5.74) is -0.919. The molecule has 0 aliphatic rings. The van der Waals surface area contributed by atoms with Crippen LogP contribution in [0.3, 0.4) is 0 Å². The van der Waals surface area contributed by atoms with Gasteiger partial charge in [-0.1, -0.05) is 0 Å². The Morgan fingerprint density at radius 1 is 1.35 bits per heavy atom. The fraction of sp³-hybridized carbons (Fsp3) is 0.455. The lowest BCUT2D eigenvalue weighted by Crippen LogP contribution is -2.32. The van der Waals surface area contributed by atoms with Gasteiger partial charge in [-0.25, -0.2) is 12.8 Å². The average Bonchev–Trinajstić information content (AvgIpc) is 2.24. The van der Waals surface area contributed by atoms with Crippen LogP contribution in [0, 0.1) is 21.7 Å². The number of hydrogen-bond donors (Lipinski definition) is 1. The number of benzene rings is 1. The van der Waals surface area contributed by atoms with Gasteiger partial charge in [0.05, 0.1) is 10.7 Å². The minimum Gasteiger partial charge on any atom is -0.309 e. The maximum absolute atomic E-state index is 13.5. The van der Waals surface area contributed by atoms with Crippen LogP contribution < -0.4 is 5.32 Å². The SMILES string of the molecule is CC(CS(C)(=O)=O)NCc1cc([N+](=O)[O-])c(F)cc1F. The predicted octanol–water partition coefficient (Wildman–Crippen LogP) is 1.40. The molecule has 0 fully saturated rings. The molecule has 0 saturated heterocycles. The molecule has 1 aromatic rings. The topological polar surface area (TPSA) is 89.3 Å². The number of rotatable bonds is 6. The average molecular weight is 308 g/mol. The molecule has 1 N–H and O–H groups in total. The maximum atomic E-state index is 13.5. The van der Waals surface area contributed by atoms with E-state index in [1.54, 1.807) is 6.92 Å². The second-order valence-electron chi connectivity index (χ2n) is 4.53. The third kappa shape index (κ3) is 4.82. The van der Waals surface area contributed by atoms with Crippen LogP contribution in [0.15, 0.2) is 12.1 Å². The molecule has 0 aliphatic carbocycles. The first-order valence-electron chi connectivity index (χ1n) is 5.63. The zero-order chi connectivity index (χ0) is 15.5. The van der Waals surface area contributed by atoms with E-state index < -0.39 is 38.1 Å². The Morgan fingerprint density at radius 2 is 1.95 bits per heavy atom.